The minimum absolute atomic E-state index is 0.0540. The maximum atomic E-state index is 5.25. The summed E-state index contributed by atoms with van der Waals surface area (Å²) in [6.07, 6.45) is -0.0540. The summed E-state index contributed by atoms with van der Waals surface area (Å²) in [5, 5.41) is -0.764. The molecule has 0 fully saturated rings. The van der Waals surface area contributed by atoms with Crippen LogP contribution in [0.3, 0.4) is 0 Å². The third kappa shape index (κ3) is 2.64. The van der Waals surface area contributed by atoms with Crippen molar-refractivity contribution in [3.05, 3.63) is 0 Å². The van der Waals surface area contributed by atoms with Crippen molar-refractivity contribution in [1.29, 1.82) is 0 Å². The highest BCUT2D eigenvalue weighted by molar-refractivity contribution is 8.69. The Morgan fingerprint density at radius 1 is 1.42 bits per heavy atom. The topological polar surface area (TPSA) is 27.7 Å². The molecule has 0 spiro atoms. The van der Waals surface area contributed by atoms with E-state index in [9.17, 15) is 0 Å². The van der Waals surface area contributed by atoms with E-state index in [-0.39, 0.29) is 6.10 Å². The molecule has 0 aliphatic heterocycles. The van der Waals surface area contributed by atoms with Crippen molar-refractivity contribution in [2.45, 2.75) is 17.3 Å². The Labute approximate surface area is 85.8 Å². The van der Waals surface area contributed by atoms with E-state index in [1.807, 2.05) is 0 Å². The maximum absolute atomic E-state index is 5.25. The van der Waals surface area contributed by atoms with Crippen molar-refractivity contribution in [1.82, 2.24) is 0 Å². The van der Waals surface area contributed by atoms with Crippen LogP contribution in [0.15, 0.2) is 0 Å². The molecule has 1 atom stereocenters. The van der Waals surface area contributed by atoms with Crippen LogP contribution in [0.25, 0.3) is 0 Å². The summed E-state index contributed by atoms with van der Waals surface area (Å²) in [5.41, 5.74) is 0. The van der Waals surface area contributed by atoms with Crippen molar-refractivity contribution < 1.29 is 14.2 Å². The van der Waals surface area contributed by atoms with Crippen LogP contribution >= 0.6 is 22.5 Å². The predicted octanol–water partition coefficient (Wildman–Crippen LogP) is 0.310. The molecule has 0 aliphatic rings. The van der Waals surface area contributed by atoms with Crippen molar-refractivity contribution in [3.8, 4) is 0 Å². The number of methoxy groups -OCH3 is 3. The Kier molecular flexibility index (Phi) is 6.70. The minimum Gasteiger partial charge on any atom is -0.375 e. The van der Waals surface area contributed by atoms with Crippen molar-refractivity contribution in [2.24, 2.45) is 0 Å². The number of hydrogen-bond acceptors (Lipinski definition) is 5. The summed E-state index contributed by atoms with van der Waals surface area (Å²) in [6.45, 7) is 0. The third-order valence-electron chi connectivity index (χ3n) is 1.75. The van der Waals surface area contributed by atoms with E-state index in [4.69, 9.17) is 14.2 Å². The van der Waals surface area contributed by atoms with Gasteiger partial charge in [0, 0.05) is 31.6 Å². The first-order valence-electron chi connectivity index (χ1n) is 3.66. The fraction of sp³-hybridized carbons (Fsp3) is 1.00. The van der Waals surface area contributed by atoms with Gasteiger partial charge in [0.2, 0.25) is 0 Å². The van der Waals surface area contributed by atoms with E-state index < -0.39 is 5.12 Å². The van der Waals surface area contributed by atoms with E-state index in [0.717, 1.165) is 16.3 Å². The van der Waals surface area contributed by atoms with Gasteiger partial charge in [0.25, 0.3) is 5.12 Å². The highest BCUT2D eigenvalue weighted by Crippen LogP contribution is 2.35. The van der Waals surface area contributed by atoms with Crippen LogP contribution in [0.1, 0.15) is 0 Å². The minimum atomic E-state index is -0.764. The van der Waals surface area contributed by atoms with Gasteiger partial charge in [-0.3, -0.25) is 0 Å². The molecule has 0 aromatic carbocycles. The lowest BCUT2D eigenvalue weighted by atomic mass is 10.4. The van der Waals surface area contributed by atoms with Crippen LogP contribution < -0.4 is 0 Å². The average molecular weight is 228 g/mol. The van der Waals surface area contributed by atoms with Crippen molar-refractivity contribution >= 4 is 32.7 Å². The van der Waals surface area contributed by atoms with Gasteiger partial charge in [-0.1, -0.05) is 0 Å². The van der Waals surface area contributed by atoms with Gasteiger partial charge in [-0.15, -0.1) is 11.7 Å². The molecule has 6 heteroatoms. The van der Waals surface area contributed by atoms with Crippen LogP contribution in [0.2, 0.25) is 6.04 Å². The van der Waals surface area contributed by atoms with Crippen LogP contribution in [0, 0.1) is 0 Å². The van der Waals surface area contributed by atoms with Crippen LogP contribution in [-0.4, -0.2) is 42.8 Å². The molecule has 0 aliphatic carbocycles. The highest BCUT2D eigenvalue weighted by atomic mass is 33.1. The molecular weight excluding hydrogens is 212 g/mol. The van der Waals surface area contributed by atoms with Gasteiger partial charge >= 0.3 is 0 Å². The molecule has 0 amide bonds. The highest BCUT2D eigenvalue weighted by Gasteiger charge is 2.38. The first-order chi connectivity index (χ1) is 5.70. The summed E-state index contributed by atoms with van der Waals surface area (Å²) in [4.78, 5) is 0. The maximum Gasteiger partial charge on any atom is 0.254 e. The molecule has 0 aromatic rings. The molecule has 0 saturated carbocycles. The first kappa shape index (κ1) is 12.8. The monoisotopic (exact) mass is 228 g/mol. The average Bonchev–Trinajstić information content (AvgIpc) is 2.14. The second-order valence-corrected chi connectivity index (χ2v) is 4.35. The second-order valence-electron chi connectivity index (χ2n) is 2.24. The molecule has 0 rings (SSSR count). The van der Waals surface area contributed by atoms with Gasteiger partial charge in [-0.25, -0.2) is 0 Å². The summed E-state index contributed by atoms with van der Waals surface area (Å²) in [5.74, 6) is 0. The molecule has 0 saturated heterocycles. The lowest BCUT2D eigenvalue weighted by Gasteiger charge is -2.34. The molecule has 1 unspecified atom stereocenters. The third-order valence-corrected chi connectivity index (χ3v) is 4.10. The van der Waals surface area contributed by atoms with Gasteiger partial charge in [-0.2, -0.15) is 0 Å². The van der Waals surface area contributed by atoms with Gasteiger partial charge in [-0.05, 0) is 16.8 Å². The number of thiol groups is 1. The van der Waals surface area contributed by atoms with E-state index in [0.29, 0.717) is 0 Å². The largest absolute Gasteiger partial charge is 0.375 e. The Morgan fingerprint density at radius 2 is 1.92 bits per heavy atom. The molecule has 0 heterocycles. The van der Waals surface area contributed by atoms with Crippen LogP contribution in [0.4, 0.5) is 0 Å². The smallest absolute Gasteiger partial charge is 0.254 e. The summed E-state index contributed by atoms with van der Waals surface area (Å²) in [6, 6.07) is 0.950. The van der Waals surface area contributed by atoms with Crippen LogP contribution in [0.5, 0.6) is 0 Å². The summed E-state index contributed by atoms with van der Waals surface area (Å²) >= 11 is 4.11. The molecule has 3 nitrogen and oxygen atoms in total. The lowest BCUT2D eigenvalue weighted by molar-refractivity contribution is -0.194. The van der Waals surface area contributed by atoms with Gasteiger partial charge in [0.1, 0.15) is 6.10 Å². The Morgan fingerprint density at radius 3 is 2.00 bits per heavy atom. The van der Waals surface area contributed by atoms with E-state index in [1.165, 1.54) is 10.8 Å². The molecule has 74 valence electrons. The van der Waals surface area contributed by atoms with Gasteiger partial charge < -0.3 is 14.2 Å². The summed E-state index contributed by atoms with van der Waals surface area (Å²) in [7, 11) is 7.10. The molecule has 0 bridgehead atoms. The van der Waals surface area contributed by atoms with E-state index >= 15 is 0 Å². The second kappa shape index (κ2) is 6.28. The molecular formula is C6H16O3S2Si. The Hall–Kier alpha value is 0.797. The zero-order valence-corrected chi connectivity index (χ0v) is 11.6. The van der Waals surface area contributed by atoms with Gasteiger partial charge in [0.05, 0.1) is 0 Å². The number of ether oxygens (including phenoxy) is 3. The van der Waals surface area contributed by atoms with Crippen LogP contribution in [-0.2, 0) is 14.2 Å². The zero-order chi connectivity index (χ0) is 9.61. The van der Waals surface area contributed by atoms with Gasteiger partial charge in [0.15, 0.2) is 0 Å². The normalized spacial score (nSPS) is 15.0. The standard InChI is InChI=1S/C6H16O3S2Si/c1-7-5(4-12)6(8-2,9-3)11-10/h5,10H,4H2,1-3,12H3. The molecule has 0 N–H and O–H groups in total. The predicted molar refractivity (Wildman–Crippen MR) is 58.9 cm³/mol. The van der Waals surface area contributed by atoms with Crippen molar-refractivity contribution in [2.75, 3.05) is 21.3 Å². The fourth-order valence-electron chi connectivity index (χ4n) is 1.04. The first-order valence-corrected chi connectivity index (χ1v) is 6.94. The molecule has 12 heavy (non-hydrogen) atoms. The fourth-order valence-corrected chi connectivity index (χ4v) is 3.54. The Bertz CT molecular complexity index is 109. The SMILES string of the molecule is COC(C[SiH3])C(OC)(OC)SS. The molecule has 0 aromatic heterocycles. The summed E-state index contributed by atoms with van der Waals surface area (Å²) < 4.78 is 15.7. The molecule has 0 radical (unpaired) electrons. The van der Waals surface area contributed by atoms with Crippen molar-refractivity contribution in [3.63, 3.8) is 0 Å². The zero-order valence-electron chi connectivity index (χ0n) is 7.86. The number of hydrogen-bond donors (Lipinski definition) is 1. The Balaban J connectivity index is 4.42. The van der Waals surface area contributed by atoms with E-state index in [1.54, 1.807) is 21.3 Å². The number of rotatable bonds is 6. The quantitative estimate of drug-likeness (QED) is 0.306. The van der Waals surface area contributed by atoms with E-state index in [2.05, 4.69) is 11.7 Å². The lowest BCUT2D eigenvalue weighted by Crippen LogP contribution is -2.43.